The van der Waals surface area contributed by atoms with E-state index in [0.717, 1.165) is 18.2 Å². The molecule has 1 atom stereocenters. The highest BCUT2D eigenvalue weighted by atomic mass is 35.5. The lowest BCUT2D eigenvalue weighted by Gasteiger charge is -2.39. The Morgan fingerprint density at radius 2 is 1.65 bits per heavy atom. The number of imide groups is 2. The molecule has 1 unspecified atom stereocenters. The van der Waals surface area contributed by atoms with Gasteiger partial charge in [0, 0.05) is 75.3 Å². The molecule has 296 valence electrons. The SMILES string of the molecule is [2H]C1([2H])N(CC2CCN(c3ccc(C(=O)NC4CCC(Oc5ccc(C#N)c(Cl)c5)CC4)nn3)CC2)C([2H])([2H])C([2H])([2H])N(c2ccc3c(c2)C(=O)N(C2CCC(=O)NC2=O)C3=O)C1([2H])[2H]. The van der Waals surface area contributed by atoms with Crippen LogP contribution in [0.4, 0.5) is 11.5 Å². The fourth-order valence-corrected chi connectivity index (χ4v) is 7.96. The number of carbonyl (C=O) groups is 5. The van der Waals surface area contributed by atoms with Gasteiger partial charge in [-0.25, -0.2) is 0 Å². The second kappa shape index (κ2) is 16.5. The van der Waals surface area contributed by atoms with E-state index in [9.17, 15) is 24.0 Å². The van der Waals surface area contributed by atoms with E-state index in [0.29, 0.717) is 88.5 Å². The number of rotatable bonds is 9. The maximum atomic E-state index is 13.5. The highest BCUT2D eigenvalue weighted by Gasteiger charge is 2.45. The molecule has 57 heavy (non-hydrogen) atoms. The number of piperazine rings is 1. The fraction of sp³-hybridized carbons (Fsp3) is 0.463. The van der Waals surface area contributed by atoms with Crippen LogP contribution in [0, 0.1) is 17.2 Å². The summed E-state index contributed by atoms with van der Waals surface area (Å²) in [6.07, 6.45) is 3.25. The predicted octanol–water partition coefficient (Wildman–Crippen LogP) is 3.56. The summed E-state index contributed by atoms with van der Waals surface area (Å²) < 4.78 is 78.2. The standard InChI is InChI=1S/C41H44ClN9O6/c42-33-22-30(5-1-26(33)23-43)57-29-6-2-27(3-7-29)44-38(53)34-9-11-36(47-46-34)50-15-13-25(14-16-50)24-48-17-19-49(20-18-48)28-4-8-31-32(21-28)41(56)51(40(31)55)35-10-12-37(52)45-39(35)54/h1,4-5,8-9,11,21-22,25,27,29,35H,2-3,6-7,10,12-20,24H2,(H,44,53)(H,45,52,54)/i17D2,18D2,19D2,20D2. The van der Waals surface area contributed by atoms with Crippen LogP contribution in [0.5, 0.6) is 5.75 Å². The van der Waals surface area contributed by atoms with Gasteiger partial charge in [0.2, 0.25) is 11.8 Å². The molecule has 5 aliphatic rings. The van der Waals surface area contributed by atoms with Gasteiger partial charge >= 0.3 is 0 Å². The van der Waals surface area contributed by atoms with Gasteiger partial charge in [0.25, 0.3) is 17.7 Å². The zero-order valence-electron chi connectivity index (χ0n) is 38.7. The van der Waals surface area contributed by atoms with Crippen molar-refractivity contribution in [1.29, 1.82) is 5.26 Å². The molecule has 4 aliphatic heterocycles. The van der Waals surface area contributed by atoms with Crippen molar-refractivity contribution in [3.05, 3.63) is 75.9 Å². The van der Waals surface area contributed by atoms with Crippen LogP contribution in [0.25, 0.3) is 0 Å². The molecule has 0 radical (unpaired) electrons. The van der Waals surface area contributed by atoms with Gasteiger partial charge in [-0.1, -0.05) is 11.6 Å². The maximum absolute atomic E-state index is 13.5. The Balaban J connectivity index is 0.874. The summed E-state index contributed by atoms with van der Waals surface area (Å²) in [5, 5.41) is 23.0. The number of piperidine rings is 2. The van der Waals surface area contributed by atoms with Crippen LogP contribution >= 0.6 is 11.6 Å². The average Bonchev–Trinajstić information content (AvgIpc) is 3.50. The Kier molecular flexibility index (Phi) is 8.57. The third-order valence-corrected chi connectivity index (χ3v) is 11.2. The number of benzene rings is 2. The maximum Gasteiger partial charge on any atom is 0.272 e. The van der Waals surface area contributed by atoms with E-state index in [1.165, 1.54) is 0 Å². The van der Waals surface area contributed by atoms with Crippen molar-refractivity contribution in [3.8, 4) is 11.8 Å². The molecular formula is C41H44ClN9O6. The lowest BCUT2D eigenvalue weighted by atomic mass is 9.93. The first-order chi connectivity index (χ1) is 30.6. The van der Waals surface area contributed by atoms with E-state index in [-0.39, 0.29) is 54.3 Å². The summed E-state index contributed by atoms with van der Waals surface area (Å²) in [7, 11) is 0. The van der Waals surface area contributed by atoms with Crippen LogP contribution in [-0.2, 0) is 9.59 Å². The number of carbonyl (C=O) groups excluding carboxylic acids is 5. The number of nitriles is 1. The molecule has 1 saturated carbocycles. The van der Waals surface area contributed by atoms with Crippen LogP contribution in [0.1, 0.15) is 99.1 Å². The molecule has 2 aromatic carbocycles. The lowest BCUT2D eigenvalue weighted by Crippen LogP contribution is -2.54. The second-order valence-electron chi connectivity index (χ2n) is 14.6. The summed E-state index contributed by atoms with van der Waals surface area (Å²) in [5.74, 6) is -2.90. The minimum atomic E-state index is -3.24. The molecule has 1 aromatic heterocycles. The Labute approximate surface area is 346 Å². The van der Waals surface area contributed by atoms with Gasteiger partial charge in [-0.3, -0.25) is 39.1 Å². The van der Waals surface area contributed by atoms with Crippen molar-refractivity contribution in [2.45, 2.75) is 69.6 Å². The van der Waals surface area contributed by atoms with Crippen molar-refractivity contribution in [2.75, 3.05) is 55.4 Å². The van der Waals surface area contributed by atoms with Gasteiger partial charge in [0.1, 0.15) is 17.9 Å². The quantitative estimate of drug-likeness (QED) is 0.301. The summed E-state index contributed by atoms with van der Waals surface area (Å²) in [4.78, 5) is 67.7. The molecule has 3 saturated heterocycles. The third kappa shape index (κ3) is 8.29. The minimum absolute atomic E-state index is 0.0643. The molecule has 3 aromatic rings. The Morgan fingerprint density at radius 1 is 0.895 bits per heavy atom. The minimum Gasteiger partial charge on any atom is -0.490 e. The lowest BCUT2D eigenvalue weighted by molar-refractivity contribution is -0.136. The number of fused-ring (bicyclic) bond motifs is 1. The van der Waals surface area contributed by atoms with Crippen molar-refractivity contribution >= 4 is 52.6 Å². The van der Waals surface area contributed by atoms with Gasteiger partial charge < -0.3 is 19.9 Å². The van der Waals surface area contributed by atoms with Gasteiger partial charge in [0.05, 0.1) is 33.3 Å². The first-order valence-corrected chi connectivity index (χ1v) is 19.2. The van der Waals surface area contributed by atoms with Crippen LogP contribution in [0.15, 0.2) is 48.5 Å². The van der Waals surface area contributed by atoms with E-state index in [1.54, 1.807) is 30.3 Å². The average molecular weight is 802 g/mol. The van der Waals surface area contributed by atoms with E-state index < -0.39 is 67.3 Å². The molecular weight excluding hydrogens is 750 g/mol. The first kappa shape index (κ1) is 29.6. The molecule has 1 aliphatic carbocycles. The van der Waals surface area contributed by atoms with Crippen molar-refractivity contribution in [2.24, 2.45) is 5.92 Å². The topological polar surface area (TPSA) is 181 Å². The van der Waals surface area contributed by atoms with Gasteiger partial charge in [-0.2, -0.15) is 5.26 Å². The molecule has 15 nitrogen and oxygen atoms in total. The normalized spacial score (nSPS) is 28.8. The van der Waals surface area contributed by atoms with Crippen molar-refractivity contribution < 1.29 is 39.7 Å². The zero-order valence-corrected chi connectivity index (χ0v) is 31.4. The van der Waals surface area contributed by atoms with E-state index >= 15 is 0 Å². The number of ether oxygens (including phenoxy) is 1. The fourth-order valence-electron chi connectivity index (χ4n) is 7.75. The first-order valence-electron chi connectivity index (χ1n) is 22.8. The molecule has 16 heteroatoms. The molecule has 8 rings (SSSR count). The highest BCUT2D eigenvalue weighted by molar-refractivity contribution is 6.31. The van der Waals surface area contributed by atoms with Crippen LogP contribution in [-0.4, -0.2) is 113 Å². The molecule has 5 heterocycles. The van der Waals surface area contributed by atoms with Crippen LogP contribution < -0.4 is 25.2 Å². The third-order valence-electron chi connectivity index (χ3n) is 10.9. The predicted molar refractivity (Wildman–Crippen MR) is 209 cm³/mol. The van der Waals surface area contributed by atoms with Crippen LogP contribution in [0.2, 0.25) is 5.02 Å². The number of nitrogens with zero attached hydrogens (tertiary/aromatic N) is 7. The summed E-state index contributed by atoms with van der Waals surface area (Å²) >= 11 is 6.13. The number of hydrogen-bond donors (Lipinski definition) is 2. The largest absolute Gasteiger partial charge is 0.490 e. The molecule has 5 amide bonds. The number of anilines is 2. The summed E-state index contributed by atoms with van der Waals surface area (Å²) in [5.41, 5.74) is -0.381. The van der Waals surface area contributed by atoms with Gasteiger partial charge in [0.15, 0.2) is 11.5 Å². The van der Waals surface area contributed by atoms with Gasteiger partial charge in [-0.05, 0) is 93.3 Å². The number of halogens is 1. The molecule has 4 fully saturated rings. The molecule has 0 bridgehead atoms. The van der Waals surface area contributed by atoms with Gasteiger partial charge in [-0.15, -0.1) is 10.2 Å². The Morgan fingerprint density at radius 3 is 2.33 bits per heavy atom. The Bertz CT molecular complexity index is 2450. The number of aromatic nitrogens is 2. The van der Waals surface area contributed by atoms with E-state index in [1.807, 2.05) is 11.0 Å². The van der Waals surface area contributed by atoms with Crippen LogP contribution in [0.3, 0.4) is 0 Å². The van der Waals surface area contributed by atoms with Crippen molar-refractivity contribution in [1.82, 2.24) is 30.6 Å². The number of amides is 5. The second-order valence-corrected chi connectivity index (χ2v) is 15.0. The van der Waals surface area contributed by atoms with E-state index in [2.05, 4.69) is 20.8 Å². The Hall–Kier alpha value is -5.59. The van der Waals surface area contributed by atoms with E-state index in [4.69, 9.17) is 32.6 Å². The molecule has 2 N–H and O–H groups in total. The zero-order chi connectivity index (χ0) is 46.8. The number of hydrogen-bond acceptors (Lipinski definition) is 12. The van der Waals surface area contributed by atoms with Crippen molar-refractivity contribution in [3.63, 3.8) is 0 Å². The highest BCUT2D eigenvalue weighted by Crippen LogP contribution is 2.32. The monoisotopic (exact) mass is 801 g/mol. The summed E-state index contributed by atoms with van der Waals surface area (Å²) in [6, 6.07) is 12.0. The smallest absolute Gasteiger partial charge is 0.272 e. The number of nitrogens with one attached hydrogen (secondary N) is 2. The summed E-state index contributed by atoms with van der Waals surface area (Å²) in [6.45, 7) is -12.4. The molecule has 0 spiro atoms.